The summed E-state index contributed by atoms with van der Waals surface area (Å²) in [4.78, 5) is 23.0. The van der Waals surface area contributed by atoms with Crippen molar-refractivity contribution in [3.8, 4) is 5.75 Å². The van der Waals surface area contributed by atoms with Gasteiger partial charge in [-0.15, -0.1) is 0 Å². The highest BCUT2D eigenvalue weighted by Crippen LogP contribution is 2.36. The van der Waals surface area contributed by atoms with Crippen molar-refractivity contribution < 1.29 is 37.0 Å². The average molecular weight is 480 g/mol. The van der Waals surface area contributed by atoms with E-state index in [1.165, 1.54) is 0 Å². The minimum absolute atomic E-state index is 0.240. The van der Waals surface area contributed by atoms with E-state index >= 15 is 0 Å². The van der Waals surface area contributed by atoms with E-state index in [9.17, 15) is 27.2 Å². The van der Waals surface area contributed by atoms with Crippen LogP contribution in [0.3, 0.4) is 0 Å². The second-order valence-corrected chi connectivity index (χ2v) is 8.17. The van der Waals surface area contributed by atoms with Crippen LogP contribution in [0, 0.1) is 23.3 Å². The summed E-state index contributed by atoms with van der Waals surface area (Å²) in [7, 11) is 0. The van der Waals surface area contributed by atoms with E-state index in [0.717, 1.165) is 37.9 Å². The van der Waals surface area contributed by atoms with Crippen molar-refractivity contribution in [1.82, 2.24) is 0 Å². The Labute approximate surface area is 195 Å². The van der Waals surface area contributed by atoms with E-state index in [1.54, 1.807) is 0 Å². The molecule has 0 saturated heterocycles. The number of carboxylic acids is 1. The largest absolute Gasteiger partial charge is 0.477 e. The van der Waals surface area contributed by atoms with Gasteiger partial charge < -0.3 is 9.84 Å². The summed E-state index contributed by atoms with van der Waals surface area (Å²) in [5, 5.41) is 15.3. The van der Waals surface area contributed by atoms with Crippen LogP contribution in [0.4, 0.5) is 17.6 Å². The SMILES string of the molecule is O=C(CCCc1ccc2ccc3cccc4ccc1c2c34)Oc1c(F)c(F)c(C(=O)O)c(F)c1F. The topological polar surface area (TPSA) is 63.6 Å². The van der Waals surface area contributed by atoms with E-state index in [4.69, 9.17) is 5.11 Å². The van der Waals surface area contributed by atoms with Crippen LogP contribution in [0.5, 0.6) is 5.75 Å². The lowest BCUT2D eigenvalue weighted by molar-refractivity contribution is -0.134. The standard InChI is InChI=1S/C27H16F4O4/c28-22-21(27(33)34)23(29)25(31)26(24(22)30)35-18(32)6-2-3-13-7-8-16-10-9-14-4-1-5-15-11-12-17(13)20(16)19(14)15/h1,4-5,7-12H,2-3,6H2,(H,33,34). The van der Waals surface area contributed by atoms with Crippen LogP contribution in [0.15, 0.2) is 54.6 Å². The Balaban J connectivity index is 1.36. The predicted octanol–water partition coefficient (Wildman–Crippen LogP) is 6.77. The maximum atomic E-state index is 14.1. The second-order valence-electron chi connectivity index (χ2n) is 8.17. The zero-order valence-electron chi connectivity index (χ0n) is 18.0. The van der Waals surface area contributed by atoms with Gasteiger partial charge in [0, 0.05) is 6.42 Å². The number of carbonyl (C=O) groups excluding carboxylic acids is 1. The fourth-order valence-electron chi connectivity index (χ4n) is 4.49. The van der Waals surface area contributed by atoms with Gasteiger partial charge in [-0.2, -0.15) is 8.78 Å². The molecule has 5 aromatic carbocycles. The molecule has 0 unspecified atom stereocenters. The monoisotopic (exact) mass is 480 g/mol. The molecule has 4 nitrogen and oxygen atoms in total. The van der Waals surface area contributed by atoms with Crippen LogP contribution in [0.2, 0.25) is 0 Å². The summed E-state index contributed by atoms with van der Waals surface area (Å²) in [6.45, 7) is 0. The molecule has 0 bridgehead atoms. The molecule has 176 valence electrons. The van der Waals surface area contributed by atoms with E-state index in [0.29, 0.717) is 6.42 Å². The fraction of sp³-hybridized carbons (Fsp3) is 0.111. The molecule has 5 rings (SSSR count). The van der Waals surface area contributed by atoms with Crippen LogP contribution >= 0.6 is 0 Å². The number of hydrogen-bond acceptors (Lipinski definition) is 3. The molecule has 35 heavy (non-hydrogen) atoms. The number of ether oxygens (including phenoxy) is 1. The summed E-state index contributed by atoms with van der Waals surface area (Å²) in [6.07, 6.45) is 0.393. The molecular formula is C27H16F4O4. The van der Waals surface area contributed by atoms with Gasteiger partial charge in [0.05, 0.1) is 0 Å². The molecule has 5 aromatic rings. The lowest BCUT2D eigenvalue weighted by atomic mass is 9.90. The van der Waals surface area contributed by atoms with Crippen molar-refractivity contribution in [3.63, 3.8) is 0 Å². The predicted molar refractivity (Wildman–Crippen MR) is 122 cm³/mol. The number of hydrogen-bond donors (Lipinski definition) is 1. The Morgan fingerprint density at radius 3 is 1.94 bits per heavy atom. The second kappa shape index (κ2) is 8.54. The van der Waals surface area contributed by atoms with Gasteiger partial charge in [-0.05, 0) is 50.7 Å². The van der Waals surface area contributed by atoms with Gasteiger partial charge in [-0.1, -0.05) is 54.6 Å². The van der Waals surface area contributed by atoms with E-state index in [2.05, 4.69) is 10.8 Å². The Morgan fingerprint density at radius 2 is 1.31 bits per heavy atom. The van der Waals surface area contributed by atoms with Crippen LogP contribution in [-0.2, 0) is 11.2 Å². The van der Waals surface area contributed by atoms with Crippen LogP contribution < -0.4 is 4.74 Å². The zero-order valence-corrected chi connectivity index (χ0v) is 18.0. The number of halogens is 4. The smallest absolute Gasteiger partial charge is 0.341 e. The van der Waals surface area contributed by atoms with Gasteiger partial charge in [-0.25, -0.2) is 13.6 Å². The first-order chi connectivity index (χ1) is 16.8. The normalized spacial score (nSPS) is 11.5. The van der Waals surface area contributed by atoms with Crippen molar-refractivity contribution in [3.05, 3.63) is 89.0 Å². The van der Waals surface area contributed by atoms with Crippen LogP contribution in [-0.4, -0.2) is 17.0 Å². The summed E-state index contributed by atoms with van der Waals surface area (Å²) < 4.78 is 60.3. The number of aryl methyl sites for hydroxylation is 1. The summed E-state index contributed by atoms with van der Waals surface area (Å²) in [5.41, 5.74) is -0.836. The summed E-state index contributed by atoms with van der Waals surface area (Å²) in [6, 6.07) is 18.1. The first kappa shape index (κ1) is 22.6. The number of carboxylic acid groups (broad SMARTS) is 1. The molecule has 1 N–H and O–H groups in total. The molecule has 0 fully saturated rings. The third kappa shape index (κ3) is 3.71. The molecule has 0 radical (unpaired) electrons. The number of benzene rings is 5. The van der Waals surface area contributed by atoms with Gasteiger partial charge in [0.1, 0.15) is 5.56 Å². The van der Waals surface area contributed by atoms with Crippen molar-refractivity contribution >= 4 is 44.3 Å². The van der Waals surface area contributed by atoms with Crippen molar-refractivity contribution in [2.75, 3.05) is 0 Å². The van der Waals surface area contributed by atoms with Crippen molar-refractivity contribution in [1.29, 1.82) is 0 Å². The molecule has 8 heteroatoms. The maximum absolute atomic E-state index is 14.1. The van der Waals surface area contributed by atoms with Gasteiger partial charge >= 0.3 is 11.9 Å². The summed E-state index contributed by atoms with van der Waals surface area (Å²) >= 11 is 0. The van der Waals surface area contributed by atoms with Crippen molar-refractivity contribution in [2.45, 2.75) is 19.3 Å². The lowest BCUT2D eigenvalue weighted by Crippen LogP contribution is -2.16. The molecule has 0 aromatic heterocycles. The molecule has 0 atom stereocenters. The molecule has 0 aliphatic heterocycles. The van der Waals surface area contributed by atoms with Crippen LogP contribution in [0.1, 0.15) is 28.8 Å². The molecule has 0 amide bonds. The fourth-order valence-corrected chi connectivity index (χ4v) is 4.49. The van der Waals surface area contributed by atoms with E-state index in [-0.39, 0.29) is 12.8 Å². The van der Waals surface area contributed by atoms with Gasteiger partial charge in [-0.3, -0.25) is 4.79 Å². The highest BCUT2D eigenvalue weighted by Gasteiger charge is 2.31. The first-order valence-corrected chi connectivity index (χ1v) is 10.7. The minimum Gasteiger partial charge on any atom is -0.477 e. The molecular weight excluding hydrogens is 464 g/mol. The van der Waals surface area contributed by atoms with Gasteiger partial charge in [0.25, 0.3) is 0 Å². The quantitative estimate of drug-likeness (QED) is 0.0958. The molecule has 0 heterocycles. The molecule has 0 aliphatic rings. The van der Waals surface area contributed by atoms with Gasteiger partial charge in [0.15, 0.2) is 11.6 Å². The molecule has 0 saturated carbocycles. The molecule has 0 aliphatic carbocycles. The maximum Gasteiger partial charge on any atom is 0.341 e. The number of carbonyl (C=O) groups is 2. The Morgan fingerprint density at radius 1 is 0.743 bits per heavy atom. The van der Waals surface area contributed by atoms with Crippen LogP contribution in [0.25, 0.3) is 32.3 Å². The van der Waals surface area contributed by atoms with E-state index < -0.39 is 46.5 Å². The van der Waals surface area contributed by atoms with E-state index in [1.807, 2.05) is 48.5 Å². The third-order valence-electron chi connectivity index (χ3n) is 6.10. The zero-order chi connectivity index (χ0) is 24.9. The number of aromatic carboxylic acids is 1. The average Bonchev–Trinajstić information content (AvgIpc) is 2.84. The third-order valence-corrected chi connectivity index (χ3v) is 6.10. The molecule has 0 spiro atoms. The number of rotatable bonds is 6. The Bertz CT molecular complexity index is 1600. The first-order valence-electron chi connectivity index (χ1n) is 10.7. The Hall–Kier alpha value is -4.20. The highest BCUT2D eigenvalue weighted by molar-refractivity contribution is 6.23. The minimum atomic E-state index is -2.19. The number of esters is 1. The highest BCUT2D eigenvalue weighted by atomic mass is 19.2. The summed E-state index contributed by atoms with van der Waals surface area (Å²) in [5.74, 6) is -13.4. The Kier molecular flexibility index (Phi) is 5.51. The van der Waals surface area contributed by atoms with Gasteiger partial charge in [0.2, 0.25) is 17.4 Å². The van der Waals surface area contributed by atoms with Crippen molar-refractivity contribution in [2.24, 2.45) is 0 Å². The lowest BCUT2D eigenvalue weighted by Gasteiger charge is -2.14.